The maximum Gasteiger partial charge on any atom is 0.236 e. The normalized spacial score (nSPS) is 16.9. The van der Waals surface area contributed by atoms with E-state index in [4.69, 9.17) is 0 Å². The van der Waals surface area contributed by atoms with Gasteiger partial charge < -0.3 is 14.9 Å². The second-order valence-corrected chi connectivity index (χ2v) is 5.87. The second-order valence-electron chi connectivity index (χ2n) is 5.87. The van der Waals surface area contributed by atoms with Crippen LogP contribution in [0, 0.1) is 0 Å². The quantitative estimate of drug-likeness (QED) is 0.740. The fourth-order valence-electron chi connectivity index (χ4n) is 2.32. The third-order valence-electron chi connectivity index (χ3n) is 3.14. The Morgan fingerprint density at radius 2 is 1.63 bits per heavy atom. The molecule has 0 unspecified atom stereocenters. The van der Waals surface area contributed by atoms with Crippen LogP contribution in [0.4, 0.5) is 0 Å². The van der Waals surface area contributed by atoms with E-state index in [0.29, 0.717) is 39.3 Å². The molecule has 1 saturated heterocycles. The standard InChI is InChI=1S/C13H25N3O3/c1-11(17)15-5-7-16(8-6-15)12(18)9-14(4)10-13(2,3)19/h19H,5-10H2,1-4H3. The van der Waals surface area contributed by atoms with Crippen LogP contribution >= 0.6 is 0 Å². The number of rotatable bonds is 4. The molecule has 1 fully saturated rings. The maximum absolute atomic E-state index is 12.1. The van der Waals surface area contributed by atoms with Gasteiger partial charge in [0.1, 0.15) is 0 Å². The largest absolute Gasteiger partial charge is 0.389 e. The van der Waals surface area contributed by atoms with E-state index in [1.54, 1.807) is 30.6 Å². The van der Waals surface area contributed by atoms with Crippen LogP contribution in [0.3, 0.4) is 0 Å². The van der Waals surface area contributed by atoms with E-state index < -0.39 is 5.60 Å². The average Bonchev–Trinajstić information content (AvgIpc) is 2.26. The second kappa shape index (κ2) is 6.34. The van der Waals surface area contributed by atoms with Crippen LogP contribution in [0.2, 0.25) is 0 Å². The highest BCUT2D eigenvalue weighted by atomic mass is 16.3. The van der Waals surface area contributed by atoms with Crippen molar-refractivity contribution in [2.24, 2.45) is 0 Å². The minimum Gasteiger partial charge on any atom is -0.389 e. The third kappa shape index (κ3) is 5.57. The predicted octanol–water partition coefficient (Wildman–Crippen LogP) is -0.620. The predicted molar refractivity (Wildman–Crippen MR) is 72.6 cm³/mol. The summed E-state index contributed by atoms with van der Waals surface area (Å²) in [7, 11) is 1.82. The molecule has 1 rings (SSSR count). The van der Waals surface area contributed by atoms with E-state index in [0.717, 1.165) is 0 Å². The molecule has 1 N–H and O–H groups in total. The van der Waals surface area contributed by atoms with Crippen LogP contribution < -0.4 is 0 Å². The van der Waals surface area contributed by atoms with Gasteiger partial charge in [-0.3, -0.25) is 14.5 Å². The van der Waals surface area contributed by atoms with Crippen LogP contribution in [0.15, 0.2) is 0 Å². The van der Waals surface area contributed by atoms with Crippen molar-refractivity contribution < 1.29 is 14.7 Å². The molecule has 0 saturated carbocycles. The molecule has 0 radical (unpaired) electrons. The van der Waals surface area contributed by atoms with E-state index in [1.807, 2.05) is 11.9 Å². The average molecular weight is 271 g/mol. The van der Waals surface area contributed by atoms with Gasteiger partial charge in [-0.2, -0.15) is 0 Å². The first-order chi connectivity index (χ1) is 8.69. The van der Waals surface area contributed by atoms with Crippen molar-refractivity contribution in [1.29, 1.82) is 0 Å². The minimum atomic E-state index is -0.803. The van der Waals surface area contributed by atoms with E-state index in [-0.39, 0.29) is 11.8 Å². The van der Waals surface area contributed by atoms with Crippen molar-refractivity contribution in [3.63, 3.8) is 0 Å². The zero-order chi connectivity index (χ0) is 14.6. The Balaban J connectivity index is 2.37. The van der Waals surface area contributed by atoms with Gasteiger partial charge >= 0.3 is 0 Å². The molecule has 0 bridgehead atoms. The van der Waals surface area contributed by atoms with E-state index in [2.05, 4.69) is 0 Å². The Hall–Kier alpha value is -1.14. The molecular formula is C13H25N3O3. The molecule has 1 aliphatic heterocycles. The first-order valence-electron chi connectivity index (χ1n) is 6.63. The zero-order valence-corrected chi connectivity index (χ0v) is 12.3. The smallest absolute Gasteiger partial charge is 0.236 e. The minimum absolute atomic E-state index is 0.0509. The molecule has 0 atom stereocenters. The van der Waals surface area contributed by atoms with Crippen LogP contribution in [0.25, 0.3) is 0 Å². The van der Waals surface area contributed by atoms with Gasteiger partial charge in [0.25, 0.3) is 0 Å². The number of hydrogen-bond acceptors (Lipinski definition) is 4. The van der Waals surface area contributed by atoms with Crippen LogP contribution in [-0.2, 0) is 9.59 Å². The Kier molecular flexibility index (Phi) is 5.31. The summed E-state index contributed by atoms with van der Waals surface area (Å²) in [5.74, 6) is 0.112. The molecule has 0 aliphatic carbocycles. The van der Waals surface area contributed by atoms with Gasteiger partial charge in [-0.15, -0.1) is 0 Å². The number of piperazine rings is 1. The Bertz CT molecular complexity index is 331. The molecular weight excluding hydrogens is 246 g/mol. The van der Waals surface area contributed by atoms with E-state index in [1.165, 1.54) is 0 Å². The Morgan fingerprint density at radius 3 is 2.05 bits per heavy atom. The zero-order valence-electron chi connectivity index (χ0n) is 12.3. The first-order valence-corrected chi connectivity index (χ1v) is 6.63. The molecule has 0 aromatic carbocycles. The summed E-state index contributed by atoms with van der Waals surface area (Å²) in [6.07, 6.45) is 0. The fraction of sp³-hybridized carbons (Fsp3) is 0.846. The number of likely N-dealkylation sites (N-methyl/N-ethyl adjacent to an activating group) is 1. The molecule has 1 heterocycles. The van der Waals surface area contributed by atoms with Gasteiger partial charge in [0, 0.05) is 39.6 Å². The van der Waals surface area contributed by atoms with Crippen molar-refractivity contribution in [3.05, 3.63) is 0 Å². The van der Waals surface area contributed by atoms with Gasteiger partial charge in [0.2, 0.25) is 11.8 Å². The van der Waals surface area contributed by atoms with Crippen molar-refractivity contribution in [3.8, 4) is 0 Å². The third-order valence-corrected chi connectivity index (χ3v) is 3.14. The highest BCUT2D eigenvalue weighted by Gasteiger charge is 2.24. The number of amides is 2. The van der Waals surface area contributed by atoms with Crippen molar-refractivity contribution in [1.82, 2.24) is 14.7 Å². The summed E-state index contributed by atoms with van der Waals surface area (Å²) >= 11 is 0. The summed E-state index contributed by atoms with van der Waals surface area (Å²) in [6, 6.07) is 0. The fourth-order valence-corrected chi connectivity index (χ4v) is 2.32. The molecule has 1 aliphatic rings. The molecule has 6 heteroatoms. The van der Waals surface area contributed by atoms with Gasteiger partial charge in [-0.1, -0.05) is 0 Å². The lowest BCUT2D eigenvalue weighted by Crippen LogP contribution is -2.52. The lowest BCUT2D eigenvalue weighted by atomic mass is 10.1. The molecule has 110 valence electrons. The Labute approximate surface area is 115 Å². The first kappa shape index (κ1) is 15.9. The number of aliphatic hydroxyl groups is 1. The Morgan fingerprint density at radius 1 is 1.16 bits per heavy atom. The molecule has 19 heavy (non-hydrogen) atoms. The highest BCUT2D eigenvalue weighted by Crippen LogP contribution is 2.06. The molecule has 0 aromatic heterocycles. The number of carbonyl (C=O) groups excluding carboxylic acids is 2. The van der Waals surface area contributed by atoms with Crippen LogP contribution in [0.1, 0.15) is 20.8 Å². The van der Waals surface area contributed by atoms with E-state index in [9.17, 15) is 14.7 Å². The molecule has 0 aromatic rings. The van der Waals surface area contributed by atoms with Crippen molar-refractivity contribution in [2.45, 2.75) is 26.4 Å². The van der Waals surface area contributed by atoms with Gasteiger partial charge in [0.15, 0.2) is 0 Å². The number of carbonyl (C=O) groups is 2. The highest BCUT2D eigenvalue weighted by molar-refractivity contribution is 5.79. The maximum atomic E-state index is 12.1. The summed E-state index contributed by atoms with van der Waals surface area (Å²) in [5.41, 5.74) is -0.803. The SMILES string of the molecule is CC(=O)N1CCN(C(=O)CN(C)CC(C)(C)O)CC1. The number of nitrogens with zero attached hydrogens (tertiary/aromatic N) is 3. The summed E-state index contributed by atoms with van der Waals surface area (Å²) in [4.78, 5) is 28.6. The van der Waals surface area contributed by atoms with Crippen LogP contribution in [-0.4, -0.2) is 83.5 Å². The lowest BCUT2D eigenvalue weighted by molar-refractivity contribution is -0.139. The van der Waals surface area contributed by atoms with Crippen molar-refractivity contribution >= 4 is 11.8 Å². The summed E-state index contributed by atoms with van der Waals surface area (Å²) < 4.78 is 0. The van der Waals surface area contributed by atoms with Gasteiger partial charge in [-0.25, -0.2) is 0 Å². The lowest BCUT2D eigenvalue weighted by Gasteiger charge is -2.35. The molecule has 6 nitrogen and oxygen atoms in total. The molecule has 0 spiro atoms. The number of hydrogen-bond donors (Lipinski definition) is 1. The van der Waals surface area contributed by atoms with Gasteiger partial charge in [0.05, 0.1) is 12.1 Å². The topological polar surface area (TPSA) is 64.1 Å². The van der Waals surface area contributed by atoms with Crippen LogP contribution in [0.5, 0.6) is 0 Å². The van der Waals surface area contributed by atoms with E-state index >= 15 is 0 Å². The molecule has 2 amide bonds. The van der Waals surface area contributed by atoms with Gasteiger partial charge in [-0.05, 0) is 20.9 Å². The monoisotopic (exact) mass is 271 g/mol. The summed E-state index contributed by atoms with van der Waals surface area (Å²) in [6.45, 7) is 8.14. The summed E-state index contributed by atoms with van der Waals surface area (Å²) in [5, 5.41) is 9.70. The van der Waals surface area contributed by atoms with Crippen molar-refractivity contribution in [2.75, 3.05) is 46.3 Å².